The van der Waals surface area contributed by atoms with Gasteiger partial charge in [-0.25, -0.2) is 4.98 Å². The largest absolute Gasteiger partial charge is 0.480 e. The number of anilines is 1. The molecule has 0 aliphatic rings. The number of ether oxygens (including phenoxy) is 1. The zero-order valence-electron chi connectivity index (χ0n) is 6.39. The van der Waals surface area contributed by atoms with E-state index < -0.39 is 0 Å². The molecular weight excluding hydrogens is 164 g/mol. The number of hydrogen-bond donors (Lipinski definition) is 1. The predicted octanol–water partition coefficient (Wildman–Crippen LogP) is 1.63. The van der Waals surface area contributed by atoms with E-state index in [-0.39, 0.29) is 0 Å². The maximum Gasteiger partial charge on any atom is 0.234 e. The summed E-state index contributed by atoms with van der Waals surface area (Å²) in [5, 5.41) is 0.382. The normalized spacial score (nSPS) is 9.73. The molecule has 60 valence electrons. The van der Waals surface area contributed by atoms with E-state index in [1.165, 1.54) is 7.11 Å². The third kappa shape index (κ3) is 1.38. The molecule has 0 unspecified atom stereocenters. The Kier molecular flexibility index (Phi) is 2.19. The highest BCUT2D eigenvalue weighted by Gasteiger charge is 2.06. The minimum Gasteiger partial charge on any atom is -0.480 e. The predicted molar refractivity (Wildman–Crippen MR) is 44.9 cm³/mol. The molecule has 11 heavy (non-hydrogen) atoms. The SMILES string of the molecule is COc1ncc(C)c(N)c1Cl. The van der Waals surface area contributed by atoms with Crippen molar-refractivity contribution in [3.8, 4) is 5.88 Å². The van der Waals surface area contributed by atoms with Crippen LogP contribution in [0.5, 0.6) is 5.88 Å². The Bertz CT molecular complexity index is 275. The van der Waals surface area contributed by atoms with Gasteiger partial charge in [-0.2, -0.15) is 0 Å². The Morgan fingerprint density at radius 3 is 2.82 bits per heavy atom. The van der Waals surface area contributed by atoms with E-state index in [0.717, 1.165) is 5.56 Å². The maximum atomic E-state index is 5.79. The van der Waals surface area contributed by atoms with Gasteiger partial charge >= 0.3 is 0 Å². The lowest BCUT2D eigenvalue weighted by atomic mass is 10.3. The van der Waals surface area contributed by atoms with E-state index in [4.69, 9.17) is 22.1 Å². The molecule has 4 heteroatoms. The number of aromatic nitrogens is 1. The van der Waals surface area contributed by atoms with Gasteiger partial charge in [0.15, 0.2) is 0 Å². The molecule has 2 N–H and O–H groups in total. The summed E-state index contributed by atoms with van der Waals surface area (Å²) >= 11 is 5.79. The Hall–Kier alpha value is -0.960. The summed E-state index contributed by atoms with van der Waals surface area (Å²) in [6, 6.07) is 0. The van der Waals surface area contributed by atoms with Gasteiger partial charge in [-0.05, 0) is 12.5 Å². The van der Waals surface area contributed by atoms with Crippen LogP contribution in [0.15, 0.2) is 6.20 Å². The van der Waals surface area contributed by atoms with Crippen molar-refractivity contribution in [1.82, 2.24) is 4.98 Å². The first-order chi connectivity index (χ1) is 5.16. The molecule has 0 aliphatic carbocycles. The molecule has 0 spiro atoms. The van der Waals surface area contributed by atoms with Crippen molar-refractivity contribution in [3.63, 3.8) is 0 Å². The zero-order chi connectivity index (χ0) is 8.43. The molecule has 0 radical (unpaired) electrons. The third-order valence-corrected chi connectivity index (χ3v) is 1.78. The Labute approximate surface area is 70.1 Å². The Balaban J connectivity index is 3.25. The van der Waals surface area contributed by atoms with Crippen molar-refractivity contribution in [1.29, 1.82) is 0 Å². The molecule has 1 aromatic heterocycles. The van der Waals surface area contributed by atoms with E-state index in [1.54, 1.807) is 6.20 Å². The van der Waals surface area contributed by atoms with Crippen molar-refractivity contribution < 1.29 is 4.74 Å². The van der Waals surface area contributed by atoms with E-state index in [2.05, 4.69) is 4.98 Å². The van der Waals surface area contributed by atoms with Crippen molar-refractivity contribution in [3.05, 3.63) is 16.8 Å². The summed E-state index contributed by atoms with van der Waals surface area (Å²) in [6.45, 7) is 1.84. The number of nitrogen functional groups attached to an aromatic ring is 1. The van der Waals surface area contributed by atoms with Crippen LogP contribution in [0.4, 0.5) is 5.69 Å². The molecule has 0 aromatic carbocycles. The van der Waals surface area contributed by atoms with Gasteiger partial charge in [0.05, 0.1) is 12.8 Å². The second kappa shape index (κ2) is 2.96. The summed E-state index contributed by atoms with van der Waals surface area (Å²) in [6.07, 6.45) is 1.63. The van der Waals surface area contributed by atoms with Gasteiger partial charge in [-0.3, -0.25) is 0 Å². The smallest absolute Gasteiger partial charge is 0.234 e. The molecule has 0 saturated heterocycles. The average Bonchev–Trinajstić information content (AvgIpc) is 2.01. The molecular formula is C7H9ClN2O. The summed E-state index contributed by atoms with van der Waals surface area (Å²) in [5.74, 6) is 0.370. The number of methoxy groups -OCH3 is 1. The van der Waals surface area contributed by atoms with Gasteiger partial charge in [0, 0.05) is 6.20 Å². The van der Waals surface area contributed by atoms with Crippen LogP contribution in [-0.4, -0.2) is 12.1 Å². The third-order valence-electron chi connectivity index (χ3n) is 1.42. The van der Waals surface area contributed by atoms with Crippen molar-refractivity contribution in [2.75, 3.05) is 12.8 Å². The summed E-state index contributed by atoms with van der Waals surface area (Å²) < 4.78 is 4.86. The number of aryl methyl sites for hydroxylation is 1. The van der Waals surface area contributed by atoms with Gasteiger partial charge in [-0.15, -0.1) is 0 Å². The maximum absolute atomic E-state index is 5.79. The number of pyridine rings is 1. The average molecular weight is 173 g/mol. The monoisotopic (exact) mass is 172 g/mol. The first-order valence-corrected chi connectivity index (χ1v) is 3.49. The van der Waals surface area contributed by atoms with Crippen LogP contribution in [0.3, 0.4) is 0 Å². The first kappa shape index (κ1) is 8.14. The first-order valence-electron chi connectivity index (χ1n) is 3.11. The number of hydrogen-bond acceptors (Lipinski definition) is 3. The molecule has 1 aromatic rings. The highest BCUT2D eigenvalue weighted by Crippen LogP contribution is 2.29. The van der Waals surface area contributed by atoms with Gasteiger partial charge in [0.1, 0.15) is 5.02 Å². The highest BCUT2D eigenvalue weighted by molar-refractivity contribution is 6.34. The quantitative estimate of drug-likeness (QED) is 0.701. The standard InChI is InChI=1S/C7H9ClN2O/c1-4-3-10-7(11-2)5(8)6(4)9/h3H,1-2H3,(H2,9,10). The van der Waals surface area contributed by atoms with Gasteiger partial charge in [0.25, 0.3) is 0 Å². The number of nitrogens with zero attached hydrogens (tertiary/aromatic N) is 1. The topological polar surface area (TPSA) is 48.1 Å². The molecule has 3 nitrogen and oxygen atoms in total. The molecule has 0 aliphatic heterocycles. The molecule has 0 bridgehead atoms. The van der Waals surface area contributed by atoms with E-state index in [1.807, 2.05) is 6.92 Å². The fourth-order valence-electron chi connectivity index (χ4n) is 0.712. The lowest BCUT2D eigenvalue weighted by molar-refractivity contribution is 0.398. The van der Waals surface area contributed by atoms with Crippen LogP contribution in [0, 0.1) is 6.92 Å². The van der Waals surface area contributed by atoms with Crippen LogP contribution in [0.1, 0.15) is 5.56 Å². The summed E-state index contributed by atoms with van der Waals surface area (Å²) in [5.41, 5.74) is 6.99. The van der Waals surface area contributed by atoms with Crippen LogP contribution in [0.2, 0.25) is 5.02 Å². The zero-order valence-corrected chi connectivity index (χ0v) is 7.14. The number of nitrogens with two attached hydrogens (primary N) is 1. The van der Waals surface area contributed by atoms with Gasteiger partial charge in [0.2, 0.25) is 5.88 Å². The second-order valence-corrected chi connectivity index (χ2v) is 2.56. The molecule has 0 fully saturated rings. The minimum absolute atomic E-state index is 0.370. The van der Waals surface area contributed by atoms with Crippen LogP contribution in [0.25, 0.3) is 0 Å². The van der Waals surface area contributed by atoms with Crippen molar-refractivity contribution in [2.45, 2.75) is 6.92 Å². The van der Waals surface area contributed by atoms with E-state index in [9.17, 15) is 0 Å². The van der Waals surface area contributed by atoms with Gasteiger partial charge in [-0.1, -0.05) is 11.6 Å². The summed E-state index contributed by atoms with van der Waals surface area (Å²) in [7, 11) is 1.50. The lowest BCUT2D eigenvalue weighted by Crippen LogP contribution is -1.96. The minimum atomic E-state index is 0.370. The molecule has 0 atom stereocenters. The molecule has 1 heterocycles. The molecule has 1 rings (SSSR count). The number of halogens is 1. The lowest BCUT2D eigenvalue weighted by Gasteiger charge is -2.05. The van der Waals surface area contributed by atoms with Crippen molar-refractivity contribution >= 4 is 17.3 Å². The highest BCUT2D eigenvalue weighted by atomic mass is 35.5. The second-order valence-electron chi connectivity index (χ2n) is 2.18. The Morgan fingerprint density at radius 1 is 1.64 bits per heavy atom. The van der Waals surface area contributed by atoms with Gasteiger partial charge < -0.3 is 10.5 Å². The fraction of sp³-hybridized carbons (Fsp3) is 0.286. The summed E-state index contributed by atoms with van der Waals surface area (Å²) in [4.78, 5) is 3.92. The molecule has 0 amide bonds. The fourth-order valence-corrected chi connectivity index (χ4v) is 0.987. The number of rotatable bonds is 1. The Morgan fingerprint density at radius 2 is 2.27 bits per heavy atom. The van der Waals surface area contributed by atoms with Crippen LogP contribution >= 0.6 is 11.6 Å². The van der Waals surface area contributed by atoms with Crippen LogP contribution < -0.4 is 10.5 Å². The van der Waals surface area contributed by atoms with Crippen molar-refractivity contribution in [2.24, 2.45) is 0 Å². The van der Waals surface area contributed by atoms with E-state index >= 15 is 0 Å². The molecule has 0 saturated carbocycles. The van der Waals surface area contributed by atoms with Crippen LogP contribution in [-0.2, 0) is 0 Å². The van der Waals surface area contributed by atoms with E-state index in [0.29, 0.717) is 16.6 Å².